The Kier molecular flexibility index (Phi) is 2.99. The van der Waals surface area contributed by atoms with Crippen LogP contribution in [0.4, 0.5) is 0 Å². The maximum absolute atomic E-state index is 9.99. The second-order valence-corrected chi connectivity index (χ2v) is 4.35. The lowest BCUT2D eigenvalue weighted by atomic mass is 10.1. The van der Waals surface area contributed by atoms with Crippen molar-refractivity contribution in [3.63, 3.8) is 0 Å². The third kappa shape index (κ3) is 1.86. The average Bonchev–Trinajstić information content (AvgIpc) is 2.65. The van der Waals surface area contributed by atoms with Gasteiger partial charge in [-0.2, -0.15) is 0 Å². The summed E-state index contributed by atoms with van der Waals surface area (Å²) in [6.07, 6.45) is 3.81. The van der Waals surface area contributed by atoms with Gasteiger partial charge >= 0.3 is 0 Å². The van der Waals surface area contributed by atoms with Crippen molar-refractivity contribution in [1.29, 1.82) is 0 Å². The van der Waals surface area contributed by atoms with E-state index in [-0.39, 0.29) is 11.5 Å². The molecule has 0 amide bonds. The molecule has 0 radical (unpaired) electrons. The zero-order valence-electron chi connectivity index (χ0n) is 11.2. The molecule has 102 valence electrons. The summed E-state index contributed by atoms with van der Waals surface area (Å²) in [6, 6.07) is 9.29. The van der Waals surface area contributed by atoms with Crippen LogP contribution in [0.5, 0.6) is 28.7 Å². The molecule has 1 N–H and O–H groups in total. The maximum atomic E-state index is 9.99. The zero-order valence-corrected chi connectivity index (χ0v) is 11.2. The normalized spacial score (nSPS) is 11.9. The van der Waals surface area contributed by atoms with Crippen LogP contribution in [0.15, 0.2) is 30.3 Å². The molecule has 0 bridgehead atoms. The predicted molar refractivity (Wildman–Crippen MR) is 76.7 cm³/mol. The summed E-state index contributed by atoms with van der Waals surface area (Å²) < 4.78 is 16.5. The van der Waals surface area contributed by atoms with Crippen LogP contribution < -0.4 is 14.2 Å². The molecule has 1 aliphatic rings. The number of hydrogen-bond donors (Lipinski definition) is 1. The molecule has 20 heavy (non-hydrogen) atoms. The largest absolute Gasteiger partial charge is 0.504 e. The monoisotopic (exact) mass is 270 g/mol. The van der Waals surface area contributed by atoms with Gasteiger partial charge in [0.2, 0.25) is 11.5 Å². The van der Waals surface area contributed by atoms with E-state index in [2.05, 4.69) is 0 Å². The number of benzene rings is 2. The summed E-state index contributed by atoms with van der Waals surface area (Å²) in [5.41, 5.74) is 1.69. The van der Waals surface area contributed by atoms with Gasteiger partial charge in [-0.15, -0.1) is 0 Å². The van der Waals surface area contributed by atoms with E-state index in [0.29, 0.717) is 11.5 Å². The first-order chi connectivity index (χ1) is 9.74. The van der Waals surface area contributed by atoms with Gasteiger partial charge in [0.05, 0.1) is 14.2 Å². The van der Waals surface area contributed by atoms with Gasteiger partial charge < -0.3 is 19.3 Å². The van der Waals surface area contributed by atoms with Crippen LogP contribution >= 0.6 is 0 Å². The van der Waals surface area contributed by atoms with Gasteiger partial charge in [0.1, 0.15) is 5.75 Å². The molecule has 0 saturated carbocycles. The van der Waals surface area contributed by atoms with Gasteiger partial charge in [-0.1, -0.05) is 30.4 Å². The Balaban J connectivity index is 2.24. The van der Waals surface area contributed by atoms with Crippen molar-refractivity contribution in [3.8, 4) is 28.7 Å². The summed E-state index contributed by atoms with van der Waals surface area (Å²) in [4.78, 5) is 0. The molecule has 2 aromatic rings. The van der Waals surface area contributed by atoms with Gasteiger partial charge in [0.25, 0.3) is 0 Å². The van der Waals surface area contributed by atoms with Crippen molar-refractivity contribution >= 4 is 12.2 Å². The smallest absolute Gasteiger partial charge is 0.208 e. The highest BCUT2D eigenvalue weighted by atomic mass is 16.5. The molecule has 1 heterocycles. The SMILES string of the molecule is COc1c(O)cc2c(c1OC)Oc1ccccc1C=C2. The molecule has 0 aliphatic carbocycles. The van der Waals surface area contributed by atoms with Crippen molar-refractivity contribution in [1.82, 2.24) is 0 Å². The molecule has 2 aromatic carbocycles. The Bertz CT molecular complexity index is 689. The lowest BCUT2D eigenvalue weighted by molar-refractivity contribution is 0.319. The minimum absolute atomic E-state index is 0.0160. The average molecular weight is 270 g/mol. The molecule has 0 fully saturated rings. The Labute approximate surface area is 116 Å². The number of methoxy groups -OCH3 is 2. The zero-order chi connectivity index (χ0) is 14.1. The molecule has 0 saturated heterocycles. The molecule has 4 nitrogen and oxygen atoms in total. The minimum atomic E-state index is 0.0160. The summed E-state index contributed by atoms with van der Waals surface area (Å²) in [7, 11) is 2.99. The Morgan fingerprint density at radius 2 is 1.65 bits per heavy atom. The van der Waals surface area contributed by atoms with Crippen LogP contribution in [-0.2, 0) is 0 Å². The highest BCUT2D eigenvalue weighted by Gasteiger charge is 2.22. The van der Waals surface area contributed by atoms with Crippen LogP contribution in [0.25, 0.3) is 12.2 Å². The second-order valence-electron chi connectivity index (χ2n) is 4.35. The van der Waals surface area contributed by atoms with E-state index in [0.717, 1.165) is 16.9 Å². The van der Waals surface area contributed by atoms with Crippen LogP contribution in [-0.4, -0.2) is 19.3 Å². The van der Waals surface area contributed by atoms with Crippen LogP contribution in [0.3, 0.4) is 0 Å². The van der Waals surface area contributed by atoms with Crippen molar-refractivity contribution in [2.45, 2.75) is 0 Å². The van der Waals surface area contributed by atoms with Crippen molar-refractivity contribution < 1.29 is 19.3 Å². The molecule has 0 spiro atoms. The topological polar surface area (TPSA) is 47.9 Å². The molecular weight excluding hydrogens is 256 g/mol. The maximum Gasteiger partial charge on any atom is 0.208 e. The predicted octanol–water partition coefficient (Wildman–Crippen LogP) is 3.69. The quantitative estimate of drug-likeness (QED) is 0.771. The highest BCUT2D eigenvalue weighted by molar-refractivity contribution is 5.81. The Morgan fingerprint density at radius 1 is 0.950 bits per heavy atom. The van der Waals surface area contributed by atoms with E-state index in [4.69, 9.17) is 14.2 Å². The van der Waals surface area contributed by atoms with E-state index in [1.165, 1.54) is 14.2 Å². The lowest BCUT2D eigenvalue weighted by Gasteiger charge is -2.16. The van der Waals surface area contributed by atoms with E-state index < -0.39 is 0 Å². The fraction of sp³-hybridized carbons (Fsp3) is 0.125. The van der Waals surface area contributed by atoms with Crippen molar-refractivity contribution in [3.05, 3.63) is 41.5 Å². The fourth-order valence-electron chi connectivity index (χ4n) is 2.24. The van der Waals surface area contributed by atoms with Crippen molar-refractivity contribution in [2.75, 3.05) is 14.2 Å². The first-order valence-corrected chi connectivity index (χ1v) is 6.17. The molecule has 0 aromatic heterocycles. The Morgan fingerprint density at radius 3 is 2.40 bits per heavy atom. The number of hydrogen-bond acceptors (Lipinski definition) is 4. The summed E-state index contributed by atoms with van der Waals surface area (Å²) >= 11 is 0. The standard InChI is InChI=1S/C16H14O4/c1-18-15-12(17)9-11-8-7-10-5-3-4-6-13(10)20-14(11)16(15)19-2/h3-9,17H,1-2H3. The molecule has 4 heteroatoms. The van der Waals surface area contributed by atoms with Gasteiger partial charge in [-0.3, -0.25) is 0 Å². The molecule has 1 aliphatic heterocycles. The number of phenolic OH excluding ortho intramolecular Hbond substituents is 1. The van der Waals surface area contributed by atoms with Gasteiger partial charge in [-0.25, -0.2) is 0 Å². The lowest BCUT2D eigenvalue weighted by Crippen LogP contribution is -1.97. The Hall–Kier alpha value is -2.62. The number of rotatable bonds is 2. The van der Waals surface area contributed by atoms with Crippen molar-refractivity contribution in [2.24, 2.45) is 0 Å². The van der Waals surface area contributed by atoms with E-state index in [1.807, 2.05) is 36.4 Å². The third-order valence-electron chi connectivity index (χ3n) is 3.18. The molecule has 0 atom stereocenters. The molecular formula is C16H14O4. The number of para-hydroxylation sites is 1. The first-order valence-electron chi connectivity index (χ1n) is 6.17. The van der Waals surface area contributed by atoms with E-state index in [1.54, 1.807) is 6.07 Å². The highest BCUT2D eigenvalue weighted by Crippen LogP contribution is 2.49. The van der Waals surface area contributed by atoms with Gasteiger partial charge in [-0.05, 0) is 12.1 Å². The van der Waals surface area contributed by atoms with Crippen LogP contribution in [0, 0.1) is 0 Å². The third-order valence-corrected chi connectivity index (χ3v) is 3.18. The number of phenols is 1. The number of fused-ring (bicyclic) bond motifs is 2. The summed E-state index contributed by atoms with van der Waals surface area (Å²) in [5.74, 6) is 1.92. The molecule has 3 rings (SSSR count). The minimum Gasteiger partial charge on any atom is -0.504 e. The number of aromatic hydroxyl groups is 1. The first kappa shape index (κ1) is 12.4. The van der Waals surface area contributed by atoms with E-state index >= 15 is 0 Å². The fourth-order valence-corrected chi connectivity index (χ4v) is 2.24. The van der Waals surface area contributed by atoms with Crippen LogP contribution in [0.1, 0.15) is 11.1 Å². The second kappa shape index (κ2) is 4.81. The van der Waals surface area contributed by atoms with Gasteiger partial charge in [0, 0.05) is 11.1 Å². The summed E-state index contributed by atoms with van der Waals surface area (Å²) in [6.45, 7) is 0. The number of ether oxygens (including phenoxy) is 3. The van der Waals surface area contributed by atoms with Crippen LogP contribution in [0.2, 0.25) is 0 Å². The molecule has 0 unspecified atom stereocenters. The van der Waals surface area contributed by atoms with Gasteiger partial charge in [0.15, 0.2) is 11.5 Å². The van der Waals surface area contributed by atoms with E-state index in [9.17, 15) is 5.11 Å². The summed E-state index contributed by atoms with van der Waals surface area (Å²) in [5, 5.41) is 9.99.